The summed E-state index contributed by atoms with van der Waals surface area (Å²) in [5, 5.41) is 12.5. The minimum absolute atomic E-state index is 0.0148. The third-order valence-corrected chi connectivity index (χ3v) is 6.97. The van der Waals surface area contributed by atoms with Crippen LogP contribution in [-0.2, 0) is 22.4 Å². The molecule has 0 aromatic heterocycles. The van der Waals surface area contributed by atoms with Gasteiger partial charge in [0.15, 0.2) is 0 Å². The smallest absolute Gasteiger partial charge is 0.225 e. The van der Waals surface area contributed by atoms with Crippen molar-refractivity contribution >= 4 is 17.4 Å². The molecule has 2 aliphatic rings. The number of nitrogens with one attached hydrogen (secondary N) is 1. The van der Waals surface area contributed by atoms with E-state index in [1.54, 1.807) is 0 Å². The van der Waals surface area contributed by atoms with E-state index in [0.29, 0.717) is 13.1 Å². The second-order valence-electron chi connectivity index (χ2n) is 10.5. The molecule has 0 saturated carbocycles. The van der Waals surface area contributed by atoms with Crippen LogP contribution in [0.1, 0.15) is 62.3 Å². The number of hydrogen-bond donors (Lipinski definition) is 2. The summed E-state index contributed by atoms with van der Waals surface area (Å²) in [5.41, 5.74) is 7.63. The molecule has 5 heteroatoms. The molecule has 0 radical (unpaired) electrons. The first-order valence-corrected chi connectivity index (χ1v) is 12.4. The summed E-state index contributed by atoms with van der Waals surface area (Å²) >= 11 is 0. The predicted octanol–water partition coefficient (Wildman–Crippen LogP) is 4.12. The van der Waals surface area contributed by atoms with E-state index in [0.717, 1.165) is 25.7 Å². The maximum Gasteiger partial charge on any atom is 0.225 e. The van der Waals surface area contributed by atoms with Gasteiger partial charge in [0.05, 0.1) is 12.6 Å². The lowest BCUT2D eigenvalue weighted by Crippen LogP contribution is -2.47. The van der Waals surface area contributed by atoms with Crippen molar-refractivity contribution in [2.45, 2.75) is 58.9 Å². The Morgan fingerprint density at radius 2 is 1.44 bits per heavy atom. The molecule has 2 amide bonds. The average molecular weight is 461 g/mol. The standard InChI is InChI=1S/C29H36N2O3/c1-29(2,3)28(34)30-23(19-32)18-26(33)31-16-14-22(15-17-31)27-24-10-6-4-8-20(24)12-13-21-9-5-7-11-25(21)27/h4-11,23,32H,12-19H2,1-3H3,(H,30,34)/t23-/m1/s1. The molecule has 2 aromatic carbocycles. The molecule has 180 valence electrons. The number of piperidine rings is 1. The Morgan fingerprint density at radius 3 is 1.94 bits per heavy atom. The Morgan fingerprint density at radius 1 is 0.912 bits per heavy atom. The maximum atomic E-state index is 13.0. The van der Waals surface area contributed by atoms with E-state index in [1.807, 2.05) is 25.7 Å². The summed E-state index contributed by atoms with van der Waals surface area (Å²) in [4.78, 5) is 27.1. The number of aliphatic hydroxyl groups is 1. The van der Waals surface area contributed by atoms with Gasteiger partial charge in [-0.05, 0) is 53.5 Å². The Kier molecular flexibility index (Phi) is 7.22. The molecule has 0 unspecified atom stereocenters. The predicted molar refractivity (Wildman–Crippen MR) is 135 cm³/mol. The van der Waals surface area contributed by atoms with Gasteiger partial charge in [0.25, 0.3) is 0 Å². The van der Waals surface area contributed by atoms with E-state index >= 15 is 0 Å². The molecule has 2 aromatic rings. The number of rotatable bonds is 4. The summed E-state index contributed by atoms with van der Waals surface area (Å²) in [6.07, 6.45) is 3.87. The first-order valence-electron chi connectivity index (χ1n) is 12.4. The molecule has 5 nitrogen and oxygen atoms in total. The van der Waals surface area contributed by atoms with Crippen molar-refractivity contribution in [3.63, 3.8) is 0 Å². The van der Waals surface area contributed by atoms with Crippen molar-refractivity contribution in [1.29, 1.82) is 0 Å². The van der Waals surface area contributed by atoms with Crippen molar-refractivity contribution in [3.05, 3.63) is 76.4 Å². The van der Waals surface area contributed by atoms with Crippen molar-refractivity contribution in [3.8, 4) is 0 Å². The van der Waals surface area contributed by atoms with Crippen LogP contribution >= 0.6 is 0 Å². The first kappa shape index (κ1) is 24.2. The van der Waals surface area contributed by atoms with Gasteiger partial charge in [-0.25, -0.2) is 0 Å². The number of nitrogens with zero attached hydrogens (tertiary/aromatic N) is 1. The zero-order chi connectivity index (χ0) is 24.3. The van der Waals surface area contributed by atoms with E-state index < -0.39 is 11.5 Å². The molecule has 0 bridgehead atoms. The number of hydrogen-bond acceptors (Lipinski definition) is 3. The van der Waals surface area contributed by atoms with Crippen LogP contribution in [0.4, 0.5) is 0 Å². The van der Waals surface area contributed by atoms with Crippen molar-refractivity contribution in [2.75, 3.05) is 19.7 Å². The topological polar surface area (TPSA) is 69.6 Å². The molecule has 1 aliphatic heterocycles. The van der Waals surface area contributed by atoms with Crippen LogP contribution in [0.5, 0.6) is 0 Å². The average Bonchev–Trinajstić information content (AvgIpc) is 3.00. The number of carbonyl (C=O) groups excluding carboxylic acids is 2. The quantitative estimate of drug-likeness (QED) is 0.721. The molecular formula is C29H36N2O3. The minimum atomic E-state index is -0.562. The van der Waals surface area contributed by atoms with Gasteiger partial charge in [-0.2, -0.15) is 0 Å². The highest BCUT2D eigenvalue weighted by Gasteiger charge is 2.28. The number of carbonyl (C=O) groups is 2. The Bertz CT molecular complexity index is 1040. The van der Waals surface area contributed by atoms with E-state index in [-0.39, 0.29) is 24.8 Å². The van der Waals surface area contributed by atoms with E-state index in [2.05, 4.69) is 53.8 Å². The highest BCUT2D eigenvalue weighted by Crippen LogP contribution is 2.38. The van der Waals surface area contributed by atoms with Gasteiger partial charge < -0.3 is 15.3 Å². The Hall–Kier alpha value is -2.92. The molecule has 0 spiro atoms. The number of amides is 2. The van der Waals surface area contributed by atoms with Gasteiger partial charge >= 0.3 is 0 Å². The molecule has 1 heterocycles. The lowest BCUT2D eigenvalue weighted by atomic mass is 9.86. The zero-order valence-corrected chi connectivity index (χ0v) is 20.6. The molecule has 1 aliphatic carbocycles. The number of likely N-dealkylation sites (tertiary alicyclic amines) is 1. The van der Waals surface area contributed by atoms with E-state index in [4.69, 9.17) is 0 Å². The highest BCUT2D eigenvalue weighted by atomic mass is 16.3. The first-order chi connectivity index (χ1) is 16.3. The van der Waals surface area contributed by atoms with Gasteiger partial charge in [-0.15, -0.1) is 0 Å². The fourth-order valence-electron chi connectivity index (χ4n) is 4.94. The highest BCUT2D eigenvalue weighted by molar-refractivity contribution is 5.87. The van der Waals surface area contributed by atoms with E-state index in [1.165, 1.54) is 33.4 Å². The molecule has 2 N–H and O–H groups in total. The second kappa shape index (κ2) is 10.1. The monoisotopic (exact) mass is 460 g/mol. The Balaban J connectivity index is 1.51. The maximum absolute atomic E-state index is 13.0. The Labute approximate surface area is 202 Å². The largest absolute Gasteiger partial charge is 0.394 e. The van der Waals surface area contributed by atoms with E-state index in [9.17, 15) is 14.7 Å². The van der Waals surface area contributed by atoms with Crippen LogP contribution in [0.15, 0.2) is 54.1 Å². The zero-order valence-electron chi connectivity index (χ0n) is 20.6. The summed E-state index contributed by atoms with van der Waals surface area (Å²) in [5.74, 6) is -0.172. The lowest BCUT2D eigenvalue weighted by molar-refractivity contribution is -0.133. The van der Waals surface area contributed by atoms with Crippen LogP contribution in [0.2, 0.25) is 0 Å². The number of benzene rings is 2. The van der Waals surface area contributed by atoms with Crippen LogP contribution < -0.4 is 5.32 Å². The molecular weight excluding hydrogens is 424 g/mol. The molecule has 1 atom stereocenters. The van der Waals surface area contributed by atoms with Crippen molar-refractivity contribution in [2.24, 2.45) is 5.41 Å². The summed E-state index contributed by atoms with van der Waals surface area (Å²) < 4.78 is 0. The van der Waals surface area contributed by atoms with Gasteiger partial charge in [0, 0.05) is 24.9 Å². The fourth-order valence-corrected chi connectivity index (χ4v) is 4.94. The third-order valence-electron chi connectivity index (χ3n) is 6.97. The third kappa shape index (κ3) is 5.25. The lowest BCUT2D eigenvalue weighted by Gasteiger charge is -2.32. The number of aryl methyl sites for hydroxylation is 2. The van der Waals surface area contributed by atoms with Crippen molar-refractivity contribution in [1.82, 2.24) is 10.2 Å². The minimum Gasteiger partial charge on any atom is -0.394 e. The summed E-state index contributed by atoms with van der Waals surface area (Å²) in [6.45, 7) is 6.54. The molecule has 4 rings (SSSR count). The van der Waals surface area contributed by atoms with Gasteiger partial charge in [-0.3, -0.25) is 9.59 Å². The van der Waals surface area contributed by atoms with Crippen molar-refractivity contribution < 1.29 is 14.7 Å². The van der Waals surface area contributed by atoms with Crippen LogP contribution in [0.3, 0.4) is 0 Å². The molecule has 1 saturated heterocycles. The van der Waals surface area contributed by atoms with Gasteiger partial charge in [0.2, 0.25) is 11.8 Å². The molecule has 34 heavy (non-hydrogen) atoms. The SMILES string of the molecule is CC(C)(C)C(=O)N[C@@H](CO)CC(=O)N1CCC(=C2c3ccccc3CCc3ccccc32)CC1. The summed E-state index contributed by atoms with van der Waals surface area (Å²) in [6, 6.07) is 16.9. The van der Waals surface area contributed by atoms with Gasteiger partial charge in [0.1, 0.15) is 0 Å². The number of aliphatic hydroxyl groups excluding tert-OH is 1. The summed E-state index contributed by atoms with van der Waals surface area (Å²) in [7, 11) is 0. The van der Waals surface area contributed by atoms with Crippen LogP contribution in [-0.4, -0.2) is 47.6 Å². The fraction of sp³-hybridized carbons (Fsp3) is 0.448. The molecule has 1 fully saturated rings. The number of fused-ring (bicyclic) bond motifs is 2. The van der Waals surface area contributed by atoms with Crippen LogP contribution in [0.25, 0.3) is 5.57 Å². The second-order valence-corrected chi connectivity index (χ2v) is 10.5. The van der Waals surface area contributed by atoms with Crippen LogP contribution in [0, 0.1) is 5.41 Å². The van der Waals surface area contributed by atoms with Gasteiger partial charge in [-0.1, -0.05) is 74.9 Å². The normalized spacial score (nSPS) is 16.9.